The number of rotatable bonds is 21. The fraction of sp³-hybridized carbons (Fsp3) is 0.340. The summed E-state index contributed by atoms with van der Waals surface area (Å²) in [5, 5.41) is 28.7. The smallest absolute Gasteiger partial charge is 0.255 e. The predicted octanol–water partition coefficient (Wildman–Crippen LogP) is 4.77. The summed E-state index contributed by atoms with van der Waals surface area (Å²) < 4.78 is 9.75. The van der Waals surface area contributed by atoms with Crippen molar-refractivity contribution in [1.82, 2.24) is 55.3 Å². The van der Waals surface area contributed by atoms with E-state index in [0.717, 1.165) is 54.9 Å². The molecular weight excluding hydrogens is 843 g/mol. The molecule has 5 amide bonds. The fourth-order valence-electron chi connectivity index (χ4n) is 7.95. The number of benzene rings is 3. The van der Waals surface area contributed by atoms with Gasteiger partial charge in [0, 0.05) is 80.0 Å². The Hall–Kier alpha value is -7.83. The molecule has 1 fully saturated rings. The topological polar surface area (TPSA) is 233 Å². The molecule has 4 N–H and O–H groups in total. The Morgan fingerprint density at radius 3 is 2.65 bits per heavy atom. The Labute approximate surface area is 380 Å². The number of ether oxygens (including phenoxy) is 1. The summed E-state index contributed by atoms with van der Waals surface area (Å²) >= 11 is 0. The zero-order chi connectivity index (χ0) is 45.8. The van der Waals surface area contributed by atoms with E-state index in [1.54, 1.807) is 42.6 Å². The van der Waals surface area contributed by atoms with E-state index in [4.69, 9.17) is 4.74 Å². The lowest BCUT2D eigenvalue weighted by Gasteiger charge is -2.29. The third-order valence-corrected chi connectivity index (χ3v) is 11.5. The molecule has 5 heterocycles. The van der Waals surface area contributed by atoms with Gasteiger partial charge in [0.05, 0.1) is 18.8 Å². The lowest BCUT2D eigenvalue weighted by atomic mass is 10.0. The van der Waals surface area contributed by atoms with Crippen LogP contribution in [0.5, 0.6) is 5.75 Å². The maximum Gasteiger partial charge on any atom is 0.255 e. The van der Waals surface area contributed by atoms with Crippen LogP contribution in [0.1, 0.15) is 94.7 Å². The van der Waals surface area contributed by atoms with Crippen LogP contribution < -0.4 is 26.0 Å². The monoisotopic (exact) mass is 893 g/mol. The number of anilines is 2. The van der Waals surface area contributed by atoms with E-state index in [1.165, 1.54) is 11.2 Å². The van der Waals surface area contributed by atoms with Crippen molar-refractivity contribution in [3.63, 3.8) is 0 Å². The van der Waals surface area contributed by atoms with Gasteiger partial charge in [-0.15, -0.1) is 15.3 Å². The Bertz CT molecular complexity index is 2700. The maximum atomic E-state index is 13.1. The first-order chi connectivity index (χ1) is 32.2. The van der Waals surface area contributed by atoms with Crippen LogP contribution in [-0.2, 0) is 54.0 Å². The van der Waals surface area contributed by atoms with Crippen molar-refractivity contribution in [1.29, 1.82) is 0 Å². The van der Waals surface area contributed by atoms with Crippen molar-refractivity contribution < 1.29 is 28.7 Å². The second kappa shape index (κ2) is 21.2. The molecular formula is C47H51N13O6. The van der Waals surface area contributed by atoms with E-state index >= 15 is 0 Å². The standard InChI is InChI=1S/C47H51N13O6/c1-58-41(55-56-44(58)39-20-21-48-30-51-39)27-49-33-13-8-11-32(25-33)45(63)50-26-31-10-7-14-35(24-31)66-23-6-2-5-22-59-28-34(54-57-59)12-3-4-17-42(61)52-38-16-9-15-36-37(38)29-60(47(36)65)40-18-19-43(62)53-46(40)64/h7-11,13-16,20-21,24-25,28,30,40,49H,2-6,12,17-19,22-23,26-27,29H2,1H3,(H,50,63)(H,52,61)(H,53,62,64). The highest BCUT2D eigenvalue weighted by Gasteiger charge is 2.40. The maximum absolute atomic E-state index is 13.1. The molecule has 1 unspecified atom stereocenters. The fourth-order valence-corrected chi connectivity index (χ4v) is 7.95. The van der Waals surface area contributed by atoms with Gasteiger partial charge in [-0.2, -0.15) is 0 Å². The summed E-state index contributed by atoms with van der Waals surface area (Å²) in [6, 6.07) is 21.3. The lowest BCUT2D eigenvalue weighted by Crippen LogP contribution is -2.52. The van der Waals surface area contributed by atoms with Crippen LogP contribution in [0.15, 0.2) is 91.5 Å². The molecule has 0 bridgehead atoms. The van der Waals surface area contributed by atoms with Gasteiger partial charge in [-0.25, -0.2) is 9.97 Å². The van der Waals surface area contributed by atoms with E-state index < -0.39 is 11.9 Å². The van der Waals surface area contributed by atoms with Gasteiger partial charge in [-0.1, -0.05) is 29.5 Å². The van der Waals surface area contributed by atoms with Crippen LogP contribution in [-0.4, -0.2) is 86.8 Å². The van der Waals surface area contributed by atoms with Gasteiger partial charge < -0.3 is 30.2 Å². The number of carbonyl (C=O) groups is 5. The number of aryl methyl sites for hydroxylation is 2. The highest BCUT2D eigenvalue weighted by atomic mass is 16.5. The molecule has 3 aromatic carbocycles. The van der Waals surface area contributed by atoms with Gasteiger partial charge in [-0.3, -0.25) is 34.0 Å². The van der Waals surface area contributed by atoms with Crippen LogP contribution in [0.25, 0.3) is 11.5 Å². The Morgan fingerprint density at radius 2 is 1.79 bits per heavy atom. The van der Waals surface area contributed by atoms with E-state index in [1.807, 2.05) is 58.9 Å². The van der Waals surface area contributed by atoms with Crippen LogP contribution in [0.2, 0.25) is 0 Å². The second-order valence-corrected chi connectivity index (χ2v) is 16.2. The van der Waals surface area contributed by atoms with Crippen molar-refractivity contribution in [2.45, 2.75) is 90.0 Å². The first-order valence-electron chi connectivity index (χ1n) is 22.1. The predicted molar refractivity (Wildman–Crippen MR) is 241 cm³/mol. The molecule has 8 rings (SSSR count). The number of amides is 5. The minimum Gasteiger partial charge on any atom is -0.494 e. The normalized spacial score (nSPS) is 14.5. The van der Waals surface area contributed by atoms with Crippen LogP contribution in [0, 0.1) is 0 Å². The molecule has 66 heavy (non-hydrogen) atoms. The van der Waals surface area contributed by atoms with Gasteiger partial charge in [0.1, 0.15) is 23.8 Å². The molecule has 340 valence electrons. The number of hydrogen-bond acceptors (Lipinski definition) is 13. The highest BCUT2D eigenvalue weighted by Crippen LogP contribution is 2.32. The minimum atomic E-state index is -0.715. The number of nitrogens with one attached hydrogen (secondary N) is 4. The molecule has 2 aliphatic rings. The SMILES string of the molecule is Cn1c(CNc2cccc(C(=O)NCc3cccc(OCCCCCn4cc(CCCCC(=O)Nc5cccc6c5CN(C5CCC(=O)NC5=O)C6=O)nn4)c3)c2)nnc1-c1ccncn1. The number of aromatic nitrogens is 8. The summed E-state index contributed by atoms with van der Waals surface area (Å²) in [7, 11) is 1.88. The summed E-state index contributed by atoms with van der Waals surface area (Å²) in [6.45, 7) is 2.26. The van der Waals surface area contributed by atoms with Crippen molar-refractivity contribution in [2.24, 2.45) is 7.05 Å². The van der Waals surface area contributed by atoms with Gasteiger partial charge in [0.15, 0.2) is 11.6 Å². The Kier molecular flexibility index (Phi) is 14.4. The first kappa shape index (κ1) is 44.8. The molecule has 19 heteroatoms. The van der Waals surface area contributed by atoms with Crippen molar-refractivity contribution in [3.05, 3.63) is 125 Å². The molecule has 0 radical (unpaired) electrons. The van der Waals surface area contributed by atoms with Crippen molar-refractivity contribution in [3.8, 4) is 17.3 Å². The van der Waals surface area contributed by atoms with E-state index in [-0.39, 0.29) is 43.0 Å². The molecule has 6 aromatic rings. The Balaban J connectivity index is 0.688. The van der Waals surface area contributed by atoms with Gasteiger partial charge in [0.25, 0.3) is 11.8 Å². The molecule has 0 spiro atoms. The summed E-state index contributed by atoms with van der Waals surface area (Å²) in [5.74, 6) is 0.671. The first-order valence-corrected chi connectivity index (χ1v) is 22.1. The number of hydrogen-bond donors (Lipinski definition) is 4. The molecule has 0 saturated carbocycles. The lowest BCUT2D eigenvalue weighted by molar-refractivity contribution is -0.137. The minimum absolute atomic E-state index is 0.154. The average Bonchev–Trinajstić information content (AvgIpc) is 4.04. The van der Waals surface area contributed by atoms with E-state index in [0.29, 0.717) is 78.7 Å². The van der Waals surface area contributed by atoms with Crippen LogP contribution >= 0.6 is 0 Å². The second-order valence-electron chi connectivity index (χ2n) is 16.2. The number of fused-ring (bicyclic) bond motifs is 1. The molecule has 1 atom stereocenters. The summed E-state index contributed by atoms with van der Waals surface area (Å²) in [4.78, 5) is 72.8. The number of unbranched alkanes of at least 4 members (excludes halogenated alkanes) is 3. The molecule has 2 aliphatic heterocycles. The van der Waals surface area contributed by atoms with Gasteiger partial charge in [-0.05, 0) is 99.0 Å². The van der Waals surface area contributed by atoms with Crippen LogP contribution in [0.3, 0.4) is 0 Å². The average molecular weight is 894 g/mol. The molecule has 0 aliphatic carbocycles. The van der Waals surface area contributed by atoms with Crippen molar-refractivity contribution in [2.75, 3.05) is 17.2 Å². The third-order valence-electron chi connectivity index (χ3n) is 11.5. The number of carbonyl (C=O) groups excluding carboxylic acids is 5. The summed E-state index contributed by atoms with van der Waals surface area (Å²) in [6.07, 6.45) is 10.7. The van der Waals surface area contributed by atoms with Gasteiger partial charge in [0.2, 0.25) is 17.7 Å². The van der Waals surface area contributed by atoms with Crippen molar-refractivity contribution >= 4 is 40.9 Å². The molecule has 19 nitrogen and oxygen atoms in total. The Morgan fingerprint density at radius 1 is 0.909 bits per heavy atom. The largest absolute Gasteiger partial charge is 0.494 e. The highest BCUT2D eigenvalue weighted by molar-refractivity contribution is 6.06. The number of nitrogens with zero attached hydrogens (tertiary/aromatic N) is 9. The number of imide groups is 1. The van der Waals surface area contributed by atoms with Crippen LogP contribution in [0.4, 0.5) is 11.4 Å². The summed E-state index contributed by atoms with van der Waals surface area (Å²) in [5.41, 5.74) is 5.49. The van der Waals surface area contributed by atoms with Gasteiger partial charge >= 0.3 is 0 Å². The quantitative estimate of drug-likeness (QED) is 0.0564. The molecule has 1 saturated heterocycles. The molecule has 3 aromatic heterocycles. The van der Waals surface area contributed by atoms with E-state index in [9.17, 15) is 24.0 Å². The third kappa shape index (κ3) is 11.3. The van der Waals surface area contributed by atoms with E-state index in [2.05, 4.69) is 51.7 Å². The number of piperidine rings is 1. The zero-order valence-corrected chi connectivity index (χ0v) is 36.6. The zero-order valence-electron chi connectivity index (χ0n) is 36.6.